The van der Waals surface area contributed by atoms with Gasteiger partial charge in [0.1, 0.15) is 34.6 Å². The van der Waals surface area contributed by atoms with Gasteiger partial charge in [-0.05, 0) is 73.7 Å². The van der Waals surface area contributed by atoms with E-state index in [2.05, 4.69) is 5.32 Å². The van der Waals surface area contributed by atoms with Crippen molar-refractivity contribution in [3.8, 4) is 17.3 Å². The van der Waals surface area contributed by atoms with E-state index in [0.717, 1.165) is 30.0 Å². The van der Waals surface area contributed by atoms with E-state index in [1.165, 1.54) is 24.1 Å². The van der Waals surface area contributed by atoms with Gasteiger partial charge in [-0.3, -0.25) is 14.4 Å². The molecular formula is C34H34F2N8O4. The van der Waals surface area contributed by atoms with Crippen LogP contribution in [0.5, 0.6) is 5.75 Å². The molecule has 2 atom stereocenters. The number of fused-ring (bicyclic) bond motifs is 2. The molecule has 2 aliphatic rings. The molecule has 5 aromatic rings. The van der Waals surface area contributed by atoms with E-state index >= 15 is 0 Å². The van der Waals surface area contributed by atoms with E-state index in [9.17, 15) is 23.2 Å². The number of pyridine rings is 1. The Balaban J connectivity index is 1.26. The largest absolute Gasteiger partial charge is 0.494 e. The lowest BCUT2D eigenvalue weighted by atomic mass is 10.0. The zero-order chi connectivity index (χ0) is 33.9. The fourth-order valence-corrected chi connectivity index (χ4v) is 6.41. The average molecular weight is 657 g/mol. The molecule has 48 heavy (non-hydrogen) atoms. The van der Waals surface area contributed by atoms with Gasteiger partial charge in [-0.2, -0.15) is 0 Å². The number of carbonyl (C=O) groups excluding carboxylic acids is 3. The Labute approximate surface area is 273 Å². The number of hydrogen-bond donors (Lipinski definition) is 3. The average Bonchev–Trinajstić information content (AvgIpc) is 3.72. The van der Waals surface area contributed by atoms with Crippen molar-refractivity contribution in [2.24, 2.45) is 24.4 Å². The van der Waals surface area contributed by atoms with E-state index in [4.69, 9.17) is 26.2 Å². The minimum atomic E-state index is -1.18. The number of likely N-dealkylation sites (tertiary alicyclic amines) is 1. The highest BCUT2D eigenvalue weighted by Gasteiger charge is 2.31. The van der Waals surface area contributed by atoms with Crippen molar-refractivity contribution in [2.45, 2.75) is 38.0 Å². The summed E-state index contributed by atoms with van der Waals surface area (Å²) in [6, 6.07) is 11.9. The SMILES string of the molecule is COc1cc(C(=O)N2C[C@H](N)C[C@@H](F)C2)cc2nc(-c3cc4ccc(C(=O)Nc5ccc(C(N)=O)c(F)c5)nc4n3CC3CC3)n(C)c12. The predicted molar refractivity (Wildman–Crippen MR) is 175 cm³/mol. The van der Waals surface area contributed by atoms with E-state index in [0.29, 0.717) is 46.3 Å². The molecule has 7 rings (SSSR count). The van der Waals surface area contributed by atoms with Crippen molar-refractivity contribution in [3.05, 3.63) is 71.2 Å². The fraction of sp³-hybridized carbons (Fsp3) is 0.324. The highest BCUT2D eigenvalue weighted by atomic mass is 19.1. The quantitative estimate of drug-likeness (QED) is 0.227. The van der Waals surface area contributed by atoms with E-state index in [-0.39, 0.29) is 42.4 Å². The van der Waals surface area contributed by atoms with Crippen LogP contribution in [0.3, 0.4) is 0 Å². The first-order valence-electron chi connectivity index (χ1n) is 15.7. The molecule has 12 nitrogen and oxygen atoms in total. The second-order valence-electron chi connectivity index (χ2n) is 12.5. The summed E-state index contributed by atoms with van der Waals surface area (Å²) < 4.78 is 38.2. The highest BCUT2D eigenvalue weighted by molar-refractivity contribution is 6.05. The van der Waals surface area contributed by atoms with Crippen LogP contribution in [0.4, 0.5) is 14.5 Å². The zero-order valence-electron chi connectivity index (χ0n) is 26.4. The van der Waals surface area contributed by atoms with Gasteiger partial charge in [-0.15, -0.1) is 0 Å². The third-order valence-corrected chi connectivity index (χ3v) is 8.96. The molecule has 0 radical (unpaired) electrons. The molecule has 2 fully saturated rings. The summed E-state index contributed by atoms with van der Waals surface area (Å²) in [6.45, 7) is 0.896. The Hall–Kier alpha value is -5.37. The number of primary amides is 1. The van der Waals surface area contributed by atoms with Crippen LogP contribution in [-0.4, -0.2) is 74.1 Å². The van der Waals surface area contributed by atoms with Gasteiger partial charge in [0.15, 0.2) is 5.82 Å². The van der Waals surface area contributed by atoms with Crippen LogP contribution in [-0.2, 0) is 13.6 Å². The molecule has 0 unspecified atom stereocenters. The molecule has 0 spiro atoms. The normalized spacial score (nSPS) is 18.0. The van der Waals surface area contributed by atoms with Crippen LogP contribution >= 0.6 is 0 Å². The second-order valence-corrected chi connectivity index (χ2v) is 12.5. The van der Waals surface area contributed by atoms with Gasteiger partial charge >= 0.3 is 0 Å². The summed E-state index contributed by atoms with van der Waals surface area (Å²) in [4.78, 5) is 49.1. The Morgan fingerprint density at radius 3 is 2.54 bits per heavy atom. The Morgan fingerprint density at radius 2 is 1.85 bits per heavy atom. The summed E-state index contributed by atoms with van der Waals surface area (Å²) in [5.74, 6) is -1.16. The molecule has 2 aromatic carbocycles. The molecule has 14 heteroatoms. The zero-order valence-corrected chi connectivity index (χ0v) is 26.4. The number of imidazole rings is 1. The molecule has 3 aromatic heterocycles. The molecule has 4 heterocycles. The molecule has 3 amide bonds. The molecular weight excluding hydrogens is 622 g/mol. The van der Waals surface area contributed by atoms with Gasteiger partial charge in [-0.1, -0.05) is 0 Å². The predicted octanol–water partition coefficient (Wildman–Crippen LogP) is 4.01. The minimum Gasteiger partial charge on any atom is -0.494 e. The molecule has 0 bridgehead atoms. The number of nitrogens with zero attached hydrogens (tertiary/aromatic N) is 5. The number of amides is 3. The summed E-state index contributed by atoms with van der Waals surface area (Å²) >= 11 is 0. The number of alkyl halides is 1. The van der Waals surface area contributed by atoms with Crippen molar-refractivity contribution >= 4 is 45.5 Å². The number of halogens is 2. The number of nitrogens with one attached hydrogen (secondary N) is 1. The molecule has 248 valence electrons. The molecule has 5 N–H and O–H groups in total. The summed E-state index contributed by atoms with van der Waals surface area (Å²) in [6.07, 6.45) is 1.16. The van der Waals surface area contributed by atoms with Gasteiger partial charge in [-0.25, -0.2) is 18.7 Å². The minimum absolute atomic E-state index is 0.0207. The van der Waals surface area contributed by atoms with Gasteiger partial charge < -0.3 is 35.6 Å². The number of aromatic nitrogens is 4. The van der Waals surface area contributed by atoms with Gasteiger partial charge in [0.05, 0.1) is 30.4 Å². The number of methoxy groups -OCH3 is 1. The summed E-state index contributed by atoms with van der Waals surface area (Å²) in [5.41, 5.74) is 14.0. The molecule has 1 saturated heterocycles. The Kier molecular flexibility index (Phi) is 7.82. The number of ether oxygens (including phenoxy) is 1. The van der Waals surface area contributed by atoms with E-state index < -0.39 is 29.8 Å². The van der Waals surface area contributed by atoms with E-state index in [1.807, 2.05) is 22.2 Å². The van der Waals surface area contributed by atoms with Crippen LogP contribution < -0.4 is 21.5 Å². The third-order valence-electron chi connectivity index (χ3n) is 8.96. The number of piperidine rings is 1. The van der Waals surface area contributed by atoms with Gasteiger partial charge in [0.2, 0.25) is 0 Å². The molecule has 1 saturated carbocycles. The number of aryl methyl sites for hydroxylation is 1. The molecule has 1 aliphatic heterocycles. The lowest BCUT2D eigenvalue weighted by Gasteiger charge is -2.33. The number of hydrogen-bond acceptors (Lipinski definition) is 7. The van der Waals surface area contributed by atoms with Crippen molar-refractivity contribution in [1.29, 1.82) is 0 Å². The fourth-order valence-electron chi connectivity index (χ4n) is 6.41. The van der Waals surface area contributed by atoms with Gasteiger partial charge in [0, 0.05) is 42.8 Å². The maximum absolute atomic E-state index is 14.3. The standard InChI is InChI=1S/C34H34F2N8O4/c1-42-29-26(9-19(11-28(29)48-2)34(47)43-15-20(35)12-21(37)16-43)41-32(42)27-10-18-5-8-25(40-31(18)44(27)14-17-3-4-17)33(46)39-22-6-7-23(30(38)45)24(36)13-22/h5-11,13,17,20-21H,3-4,12,14-16,37H2,1-2H3,(H2,38,45)(H,39,46)/t20-,21-/m1/s1. The first-order valence-corrected chi connectivity index (χ1v) is 15.7. The Bertz CT molecular complexity index is 2110. The van der Waals surface area contributed by atoms with E-state index in [1.54, 1.807) is 24.3 Å². The van der Waals surface area contributed by atoms with Crippen molar-refractivity contribution in [2.75, 3.05) is 25.5 Å². The van der Waals surface area contributed by atoms with Crippen LogP contribution in [0.1, 0.15) is 50.5 Å². The molecule has 1 aliphatic carbocycles. The Morgan fingerprint density at radius 1 is 1.06 bits per heavy atom. The van der Waals surface area contributed by atoms with Crippen LogP contribution in [0.2, 0.25) is 0 Å². The monoisotopic (exact) mass is 656 g/mol. The number of anilines is 1. The lowest BCUT2D eigenvalue weighted by molar-refractivity contribution is 0.0606. The summed E-state index contributed by atoms with van der Waals surface area (Å²) in [5, 5.41) is 3.42. The number of benzene rings is 2. The second kappa shape index (κ2) is 12.0. The van der Waals surface area contributed by atoms with Crippen LogP contribution in [0, 0.1) is 11.7 Å². The lowest BCUT2D eigenvalue weighted by Crippen LogP contribution is -2.50. The summed E-state index contributed by atoms with van der Waals surface area (Å²) in [7, 11) is 3.38. The maximum atomic E-state index is 14.3. The topological polar surface area (TPSA) is 163 Å². The smallest absolute Gasteiger partial charge is 0.274 e. The first-order chi connectivity index (χ1) is 23.0. The highest BCUT2D eigenvalue weighted by Crippen LogP contribution is 2.38. The van der Waals surface area contributed by atoms with Crippen molar-refractivity contribution in [3.63, 3.8) is 0 Å². The van der Waals surface area contributed by atoms with Crippen molar-refractivity contribution in [1.82, 2.24) is 24.0 Å². The van der Waals surface area contributed by atoms with Crippen LogP contribution in [0.15, 0.2) is 48.5 Å². The van der Waals surface area contributed by atoms with Crippen LogP contribution in [0.25, 0.3) is 33.6 Å². The van der Waals surface area contributed by atoms with Gasteiger partial charge in [0.25, 0.3) is 17.7 Å². The number of nitrogens with two attached hydrogens (primary N) is 2. The maximum Gasteiger partial charge on any atom is 0.274 e. The third kappa shape index (κ3) is 5.72. The first kappa shape index (κ1) is 31.2. The number of carbonyl (C=O) groups is 3. The number of rotatable bonds is 8. The van der Waals surface area contributed by atoms with Crippen molar-refractivity contribution < 1.29 is 27.9 Å².